The molecule has 0 amide bonds. The van der Waals surface area contributed by atoms with E-state index in [-0.39, 0.29) is 0 Å². The lowest BCUT2D eigenvalue weighted by molar-refractivity contribution is -0.127. The van der Waals surface area contributed by atoms with Gasteiger partial charge < -0.3 is 9.84 Å². The molecule has 1 N–H and O–H groups in total. The van der Waals surface area contributed by atoms with Crippen molar-refractivity contribution in [1.29, 1.82) is 0 Å². The van der Waals surface area contributed by atoms with Crippen molar-refractivity contribution in [3.8, 4) is 0 Å². The van der Waals surface area contributed by atoms with Gasteiger partial charge in [-0.1, -0.05) is 19.9 Å². The quantitative estimate of drug-likeness (QED) is 0.827. The Morgan fingerprint density at radius 2 is 1.94 bits per heavy atom. The summed E-state index contributed by atoms with van der Waals surface area (Å²) in [5.74, 6) is 0. The highest BCUT2D eigenvalue weighted by molar-refractivity contribution is 5.19. The maximum absolute atomic E-state index is 10.5. The van der Waals surface area contributed by atoms with Crippen LogP contribution in [0.25, 0.3) is 0 Å². The zero-order chi connectivity index (χ0) is 12.9. The van der Waals surface area contributed by atoms with Crippen molar-refractivity contribution in [2.45, 2.75) is 52.2 Å². The molecule has 0 radical (unpaired) electrons. The first kappa shape index (κ1) is 14.1. The van der Waals surface area contributed by atoms with E-state index in [0.717, 1.165) is 24.1 Å². The maximum Gasteiger partial charge on any atom is 0.109 e. The van der Waals surface area contributed by atoms with Crippen molar-refractivity contribution in [3.63, 3.8) is 0 Å². The second-order valence-corrected chi connectivity index (χ2v) is 4.34. The molecule has 3 heteroatoms. The summed E-state index contributed by atoms with van der Waals surface area (Å²) in [6, 6.07) is 3.84. The van der Waals surface area contributed by atoms with Crippen LogP contribution in [-0.4, -0.2) is 22.3 Å². The summed E-state index contributed by atoms with van der Waals surface area (Å²) in [5.41, 5.74) is 1.29. The van der Waals surface area contributed by atoms with Crippen LogP contribution >= 0.6 is 0 Å². The molecule has 17 heavy (non-hydrogen) atoms. The number of aryl methyl sites for hydroxylation is 1. The lowest BCUT2D eigenvalue weighted by Gasteiger charge is -2.36. The zero-order valence-corrected chi connectivity index (χ0v) is 11.2. The number of pyridine rings is 1. The first-order valence-electron chi connectivity index (χ1n) is 6.34. The van der Waals surface area contributed by atoms with E-state index in [1.165, 1.54) is 0 Å². The Bertz CT molecular complexity index is 331. The summed E-state index contributed by atoms with van der Waals surface area (Å²) >= 11 is 0. The minimum atomic E-state index is -0.620. The van der Waals surface area contributed by atoms with Gasteiger partial charge in [0.05, 0.1) is 5.60 Å². The van der Waals surface area contributed by atoms with E-state index in [1.807, 2.05) is 39.8 Å². The highest BCUT2D eigenvalue weighted by Gasteiger charge is 2.36. The normalized spacial score (nSPS) is 13.7. The zero-order valence-electron chi connectivity index (χ0n) is 11.2. The van der Waals surface area contributed by atoms with Crippen LogP contribution in [0.4, 0.5) is 0 Å². The van der Waals surface area contributed by atoms with Crippen LogP contribution in [0.3, 0.4) is 0 Å². The Labute approximate surface area is 104 Å². The SMILES string of the molecule is CCOC(CC)(CC)C(O)c1ccc(C)nc1. The van der Waals surface area contributed by atoms with Gasteiger partial charge in [0.15, 0.2) is 0 Å². The van der Waals surface area contributed by atoms with E-state index in [1.54, 1.807) is 6.20 Å². The minimum absolute atomic E-state index is 0.494. The van der Waals surface area contributed by atoms with Gasteiger partial charge >= 0.3 is 0 Å². The van der Waals surface area contributed by atoms with E-state index in [9.17, 15) is 5.11 Å². The molecule has 0 aromatic carbocycles. The standard InChI is InChI=1S/C14H23NO2/c1-5-14(6-2,17-7-3)13(16)12-9-8-11(4)15-10-12/h8-10,13,16H,5-7H2,1-4H3. The van der Waals surface area contributed by atoms with Crippen LogP contribution in [0.2, 0.25) is 0 Å². The highest BCUT2D eigenvalue weighted by atomic mass is 16.5. The number of rotatable bonds is 6. The van der Waals surface area contributed by atoms with Gasteiger partial charge in [0.25, 0.3) is 0 Å². The van der Waals surface area contributed by atoms with Gasteiger partial charge in [-0.25, -0.2) is 0 Å². The molecule has 1 aromatic heterocycles. The third-order valence-corrected chi connectivity index (χ3v) is 3.38. The van der Waals surface area contributed by atoms with Gasteiger partial charge in [-0.15, -0.1) is 0 Å². The molecule has 0 aliphatic heterocycles. The molecule has 0 saturated heterocycles. The van der Waals surface area contributed by atoms with Crippen LogP contribution in [0, 0.1) is 6.92 Å². The van der Waals surface area contributed by atoms with Crippen molar-refractivity contribution in [3.05, 3.63) is 29.6 Å². The number of aromatic nitrogens is 1. The van der Waals surface area contributed by atoms with Crippen LogP contribution in [0.1, 0.15) is 51.0 Å². The smallest absolute Gasteiger partial charge is 0.109 e. The van der Waals surface area contributed by atoms with Crippen molar-refractivity contribution >= 4 is 0 Å². The van der Waals surface area contributed by atoms with Crippen molar-refractivity contribution in [1.82, 2.24) is 4.98 Å². The predicted octanol–water partition coefficient (Wildman–Crippen LogP) is 3.02. The van der Waals surface area contributed by atoms with Gasteiger partial charge in [0, 0.05) is 24.1 Å². The number of ether oxygens (including phenoxy) is 1. The molecule has 0 aliphatic carbocycles. The van der Waals surface area contributed by atoms with Gasteiger partial charge in [-0.2, -0.15) is 0 Å². The van der Waals surface area contributed by atoms with Crippen LogP contribution in [-0.2, 0) is 4.74 Å². The van der Waals surface area contributed by atoms with E-state index in [4.69, 9.17) is 4.74 Å². The fraction of sp³-hybridized carbons (Fsp3) is 0.643. The van der Waals surface area contributed by atoms with Crippen molar-refractivity contribution < 1.29 is 9.84 Å². The maximum atomic E-state index is 10.5. The molecular formula is C14H23NO2. The van der Waals surface area contributed by atoms with Crippen LogP contribution < -0.4 is 0 Å². The minimum Gasteiger partial charge on any atom is -0.385 e. The lowest BCUT2D eigenvalue weighted by Crippen LogP contribution is -2.38. The predicted molar refractivity (Wildman–Crippen MR) is 68.9 cm³/mol. The first-order chi connectivity index (χ1) is 8.09. The summed E-state index contributed by atoms with van der Waals surface area (Å²) in [7, 11) is 0. The number of nitrogens with zero attached hydrogens (tertiary/aromatic N) is 1. The largest absolute Gasteiger partial charge is 0.385 e. The summed E-state index contributed by atoms with van der Waals surface area (Å²) in [4.78, 5) is 4.23. The van der Waals surface area contributed by atoms with E-state index in [2.05, 4.69) is 4.98 Å². The second-order valence-electron chi connectivity index (χ2n) is 4.34. The molecule has 0 fully saturated rings. The molecule has 96 valence electrons. The summed E-state index contributed by atoms with van der Waals surface area (Å²) in [6.07, 6.45) is 2.68. The van der Waals surface area contributed by atoms with E-state index >= 15 is 0 Å². The fourth-order valence-corrected chi connectivity index (χ4v) is 2.15. The summed E-state index contributed by atoms with van der Waals surface area (Å²) in [5, 5.41) is 10.5. The summed E-state index contributed by atoms with van der Waals surface area (Å²) in [6.45, 7) is 8.60. The Balaban J connectivity index is 2.98. The average Bonchev–Trinajstić information content (AvgIpc) is 2.36. The number of aliphatic hydroxyl groups is 1. The molecule has 1 unspecified atom stereocenters. The highest BCUT2D eigenvalue weighted by Crippen LogP contribution is 2.35. The third kappa shape index (κ3) is 3.05. The Hall–Kier alpha value is -0.930. The van der Waals surface area contributed by atoms with Crippen molar-refractivity contribution in [2.24, 2.45) is 0 Å². The molecule has 1 rings (SSSR count). The summed E-state index contributed by atoms with van der Waals surface area (Å²) < 4.78 is 5.80. The fourth-order valence-electron chi connectivity index (χ4n) is 2.15. The van der Waals surface area contributed by atoms with Gasteiger partial charge in [-0.3, -0.25) is 4.98 Å². The molecule has 0 bridgehead atoms. The molecule has 1 atom stereocenters. The second kappa shape index (κ2) is 6.12. The average molecular weight is 237 g/mol. The van der Waals surface area contributed by atoms with Crippen LogP contribution in [0.5, 0.6) is 0 Å². The molecule has 1 heterocycles. The number of hydrogen-bond acceptors (Lipinski definition) is 3. The Kier molecular flexibility index (Phi) is 5.09. The van der Waals surface area contributed by atoms with Gasteiger partial charge in [0.1, 0.15) is 6.10 Å². The molecule has 1 aromatic rings. The molecule has 0 aliphatic rings. The molecule has 0 saturated carbocycles. The van der Waals surface area contributed by atoms with Crippen molar-refractivity contribution in [2.75, 3.05) is 6.61 Å². The van der Waals surface area contributed by atoms with E-state index < -0.39 is 11.7 Å². The first-order valence-corrected chi connectivity index (χ1v) is 6.34. The van der Waals surface area contributed by atoms with Crippen LogP contribution in [0.15, 0.2) is 18.3 Å². The molecule has 3 nitrogen and oxygen atoms in total. The Morgan fingerprint density at radius 3 is 2.35 bits per heavy atom. The topological polar surface area (TPSA) is 42.4 Å². The third-order valence-electron chi connectivity index (χ3n) is 3.38. The molecular weight excluding hydrogens is 214 g/mol. The lowest BCUT2D eigenvalue weighted by atomic mass is 9.86. The number of aliphatic hydroxyl groups excluding tert-OH is 1. The monoisotopic (exact) mass is 237 g/mol. The number of hydrogen-bond donors (Lipinski definition) is 1. The Morgan fingerprint density at radius 1 is 1.29 bits per heavy atom. The van der Waals surface area contributed by atoms with Gasteiger partial charge in [-0.05, 0) is 32.8 Å². The molecule has 0 spiro atoms. The van der Waals surface area contributed by atoms with E-state index in [0.29, 0.717) is 6.61 Å². The van der Waals surface area contributed by atoms with Gasteiger partial charge in [0.2, 0.25) is 0 Å².